The van der Waals surface area contributed by atoms with E-state index in [1.807, 2.05) is 0 Å². The molecule has 0 aromatic carbocycles. The summed E-state index contributed by atoms with van der Waals surface area (Å²) in [5.41, 5.74) is -2.60. The lowest BCUT2D eigenvalue weighted by atomic mass is 9.51. The van der Waals surface area contributed by atoms with E-state index in [2.05, 4.69) is 16.0 Å². The van der Waals surface area contributed by atoms with E-state index < -0.39 is 28.9 Å². The standard InChI is InChI=1S/C25H33F3N4O3/c1-14(33)30-23(3,4)6-8-32-7-5-19(21(32)25(26,27)28)22(35)29-20-17-9-16-10-18(20)13-24(11-16,12-17)31-15(2)34/h5-8,16-18,20H,9-13H2,1-4H3,(H,29,35)(H,30,33)(H,31,34). The second-order valence-corrected chi connectivity index (χ2v) is 11.1. The molecule has 5 rings (SSSR count). The van der Waals surface area contributed by atoms with Crippen LogP contribution in [0.5, 0.6) is 0 Å². The van der Waals surface area contributed by atoms with Gasteiger partial charge in [-0.3, -0.25) is 14.4 Å². The lowest BCUT2D eigenvalue weighted by Crippen LogP contribution is -2.66. The topological polar surface area (TPSA) is 92.2 Å². The van der Waals surface area contributed by atoms with Gasteiger partial charge in [0.1, 0.15) is 5.69 Å². The predicted octanol–water partition coefficient (Wildman–Crippen LogP) is 3.71. The molecule has 1 aromatic rings. The maximum Gasteiger partial charge on any atom is 0.432 e. The van der Waals surface area contributed by atoms with Gasteiger partial charge in [0.2, 0.25) is 11.8 Å². The summed E-state index contributed by atoms with van der Waals surface area (Å²) in [4.78, 5) is 36.3. The summed E-state index contributed by atoms with van der Waals surface area (Å²) in [6.07, 6.45) is 3.35. The van der Waals surface area contributed by atoms with Gasteiger partial charge in [-0.2, -0.15) is 13.2 Å². The maximum atomic E-state index is 14.0. The van der Waals surface area contributed by atoms with E-state index in [9.17, 15) is 27.6 Å². The van der Waals surface area contributed by atoms with E-state index in [0.717, 1.165) is 36.7 Å². The summed E-state index contributed by atoms with van der Waals surface area (Å²) < 4.78 is 43.0. The number of aromatic nitrogens is 1. The van der Waals surface area contributed by atoms with Crippen LogP contribution < -0.4 is 16.0 Å². The van der Waals surface area contributed by atoms with Crippen molar-refractivity contribution in [1.82, 2.24) is 20.5 Å². The highest BCUT2D eigenvalue weighted by molar-refractivity contribution is 5.96. The molecule has 2 unspecified atom stereocenters. The van der Waals surface area contributed by atoms with Crippen molar-refractivity contribution >= 4 is 23.9 Å². The minimum atomic E-state index is -4.75. The molecule has 4 bridgehead atoms. The summed E-state index contributed by atoms with van der Waals surface area (Å²) in [7, 11) is 0. The molecule has 2 atom stereocenters. The number of amides is 3. The first-order valence-corrected chi connectivity index (χ1v) is 12.0. The van der Waals surface area contributed by atoms with Crippen molar-refractivity contribution in [2.75, 3.05) is 0 Å². The molecule has 10 heteroatoms. The molecule has 1 heterocycles. The molecule has 4 saturated carbocycles. The van der Waals surface area contributed by atoms with Crippen LogP contribution in [0.1, 0.15) is 75.9 Å². The largest absolute Gasteiger partial charge is 0.432 e. The summed E-state index contributed by atoms with van der Waals surface area (Å²) in [6.45, 7) is 6.16. The molecule has 0 aliphatic heterocycles. The smallest absolute Gasteiger partial charge is 0.351 e. The minimum absolute atomic E-state index is 0.0709. The number of halogens is 3. The van der Waals surface area contributed by atoms with Gasteiger partial charge >= 0.3 is 6.18 Å². The van der Waals surface area contributed by atoms with Crippen molar-refractivity contribution in [1.29, 1.82) is 0 Å². The first-order chi connectivity index (χ1) is 16.2. The van der Waals surface area contributed by atoms with Crippen LogP contribution in [0.3, 0.4) is 0 Å². The van der Waals surface area contributed by atoms with Crippen LogP contribution in [-0.2, 0) is 15.8 Å². The average molecular weight is 495 g/mol. The minimum Gasteiger partial charge on any atom is -0.351 e. The Labute approximate surface area is 202 Å². The molecule has 3 amide bonds. The van der Waals surface area contributed by atoms with Crippen LogP contribution in [0.15, 0.2) is 18.3 Å². The van der Waals surface area contributed by atoms with Crippen molar-refractivity contribution < 1.29 is 27.6 Å². The van der Waals surface area contributed by atoms with E-state index in [4.69, 9.17) is 0 Å². The van der Waals surface area contributed by atoms with Crippen LogP contribution in [0, 0.1) is 17.8 Å². The highest BCUT2D eigenvalue weighted by atomic mass is 19.4. The Balaban J connectivity index is 1.55. The van der Waals surface area contributed by atoms with E-state index in [1.165, 1.54) is 38.4 Å². The summed E-state index contributed by atoms with van der Waals surface area (Å²) >= 11 is 0. The van der Waals surface area contributed by atoms with Gasteiger partial charge in [-0.25, -0.2) is 0 Å². The molecule has 0 saturated heterocycles. The lowest BCUT2D eigenvalue weighted by molar-refractivity contribution is -0.142. The van der Waals surface area contributed by atoms with Crippen LogP contribution in [-0.4, -0.2) is 39.4 Å². The molecule has 4 fully saturated rings. The highest BCUT2D eigenvalue weighted by Crippen LogP contribution is 2.55. The van der Waals surface area contributed by atoms with Crippen LogP contribution in [0.2, 0.25) is 0 Å². The third-order valence-electron chi connectivity index (χ3n) is 7.59. The average Bonchev–Trinajstić information content (AvgIpc) is 3.11. The van der Waals surface area contributed by atoms with E-state index >= 15 is 0 Å². The van der Waals surface area contributed by atoms with Crippen molar-refractivity contribution in [2.24, 2.45) is 17.8 Å². The number of alkyl halides is 3. The number of nitrogens with one attached hydrogen (secondary N) is 3. The molecule has 7 nitrogen and oxygen atoms in total. The van der Waals surface area contributed by atoms with Crippen LogP contribution in [0.4, 0.5) is 13.2 Å². The normalized spacial score (nSPS) is 29.9. The van der Waals surface area contributed by atoms with Gasteiger partial charge in [-0.15, -0.1) is 0 Å². The Kier molecular flexibility index (Phi) is 6.30. The Bertz CT molecular complexity index is 1040. The third kappa shape index (κ3) is 5.26. The van der Waals surface area contributed by atoms with Crippen LogP contribution in [0.25, 0.3) is 6.20 Å². The fraction of sp³-hybridized carbons (Fsp3) is 0.640. The summed E-state index contributed by atoms with van der Waals surface area (Å²) in [6, 6.07) is 0.975. The summed E-state index contributed by atoms with van der Waals surface area (Å²) in [5, 5.41) is 8.70. The van der Waals surface area contributed by atoms with Gasteiger partial charge in [-0.1, -0.05) is 0 Å². The summed E-state index contributed by atoms with van der Waals surface area (Å²) in [5.74, 6) is -0.385. The van der Waals surface area contributed by atoms with Gasteiger partial charge in [-0.05, 0) is 75.8 Å². The highest BCUT2D eigenvalue weighted by Gasteiger charge is 2.56. The first-order valence-electron chi connectivity index (χ1n) is 12.0. The molecule has 0 radical (unpaired) electrons. The molecule has 4 aliphatic carbocycles. The van der Waals surface area contributed by atoms with Crippen molar-refractivity contribution in [2.45, 2.75) is 83.1 Å². The Morgan fingerprint density at radius 2 is 1.69 bits per heavy atom. The van der Waals surface area contributed by atoms with Gasteiger partial charge < -0.3 is 20.5 Å². The SMILES string of the molecule is CC(=O)NC(C)(C)C=Cn1ccc(C(=O)NC2C3CC4CC2CC(NC(C)=O)(C4)C3)c1C(F)(F)F. The molecule has 35 heavy (non-hydrogen) atoms. The van der Waals surface area contributed by atoms with Crippen molar-refractivity contribution in [3.63, 3.8) is 0 Å². The molecule has 0 spiro atoms. The molecule has 1 aromatic heterocycles. The Morgan fingerprint density at radius 1 is 1.06 bits per heavy atom. The van der Waals surface area contributed by atoms with Crippen molar-refractivity contribution in [3.05, 3.63) is 29.6 Å². The number of nitrogens with zero attached hydrogens (tertiary/aromatic N) is 1. The zero-order valence-electron chi connectivity index (χ0n) is 20.5. The first kappa shape index (κ1) is 25.3. The lowest BCUT2D eigenvalue weighted by Gasteiger charge is -2.60. The molecule has 3 N–H and O–H groups in total. The Hall–Kier alpha value is -2.78. The zero-order chi connectivity index (χ0) is 25.8. The quantitative estimate of drug-likeness (QED) is 0.563. The zero-order valence-corrected chi connectivity index (χ0v) is 20.5. The predicted molar refractivity (Wildman–Crippen MR) is 124 cm³/mol. The third-order valence-corrected chi connectivity index (χ3v) is 7.59. The van der Waals surface area contributed by atoms with Gasteiger partial charge in [0.15, 0.2) is 0 Å². The molecular weight excluding hydrogens is 461 g/mol. The van der Waals surface area contributed by atoms with E-state index in [-0.39, 0.29) is 35.2 Å². The molecule has 4 aliphatic rings. The number of rotatable bonds is 6. The van der Waals surface area contributed by atoms with Gasteiger partial charge in [0, 0.05) is 37.8 Å². The van der Waals surface area contributed by atoms with E-state index in [1.54, 1.807) is 13.8 Å². The number of carbonyl (C=O) groups excluding carboxylic acids is 3. The Morgan fingerprint density at radius 3 is 2.23 bits per heavy atom. The van der Waals surface area contributed by atoms with Gasteiger partial charge in [0.25, 0.3) is 5.91 Å². The van der Waals surface area contributed by atoms with Crippen LogP contribution >= 0.6 is 0 Å². The number of hydrogen-bond acceptors (Lipinski definition) is 3. The maximum absolute atomic E-state index is 14.0. The second kappa shape index (κ2) is 8.71. The monoisotopic (exact) mass is 494 g/mol. The van der Waals surface area contributed by atoms with Crippen molar-refractivity contribution in [3.8, 4) is 0 Å². The second-order valence-electron chi connectivity index (χ2n) is 11.1. The molecular formula is C25H33F3N4O3. The van der Waals surface area contributed by atoms with Gasteiger partial charge in [0.05, 0.1) is 11.1 Å². The number of carbonyl (C=O) groups is 3. The fourth-order valence-electron chi connectivity index (χ4n) is 6.83. The fourth-order valence-corrected chi connectivity index (χ4v) is 6.83. The number of hydrogen-bond donors (Lipinski definition) is 3. The molecule has 192 valence electrons. The van der Waals surface area contributed by atoms with E-state index in [0.29, 0.717) is 5.92 Å².